The van der Waals surface area contributed by atoms with Crippen molar-refractivity contribution in [3.05, 3.63) is 5.89 Å². The Morgan fingerprint density at radius 3 is 2.85 bits per heavy atom. The first-order valence-electron chi connectivity index (χ1n) is 7.48. The van der Waals surface area contributed by atoms with Gasteiger partial charge in [-0.25, -0.2) is 0 Å². The van der Waals surface area contributed by atoms with Crippen LogP contribution in [0.3, 0.4) is 0 Å². The fourth-order valence-corrected chi connectivity index (χ4v) is 3.26. The Bertz CT molecular complexity index is 473. The number of amides is 1. The lowest BCUT2D eigenvalue weighted by Crippen LogP contribution is -2.41. The van der Waals surface area contributed by atoms with Gasteiger partial charge in [0.1, 0.15) is 0 Å². The van der Waals surface area contributed by atoms with E-state index in [0.717, 1.165) is 25.2 Å². The van der Waals surface area contributed by atoms with Crippen LogP contribution in [0.4, 0.5) is 0 Å². The van der Waals surface area contributed by atoms with Crippen molar-refractivity contribution in [2.45, 2.75) is 62.6 Å². The molecule has 3 rings (SSSR count). The molecule has 1 N–H and O–H groups in total. The summed E-state index contributed by atoms with van der Waals surface area (Å²) in [5.74, 6) is 2.21. The second-order valence-corrected chi connectivity index (χ2v) is 6.83. The predicted molar refractivity (Wildman–Crippen MR) is 76.6 cm³/mol. The number of rotatable bonds is 5. The van der Waals surface area contributed by atoms with Crippen molar-refractivity contribution in [1.29, 1.82) is 0 Å². The van der Waals surface area contributed by atoms with Gasteiger partial charge >= 0.3 is 0 Å². The van der Waals surface area contributed by atoms with Gasteiger partial charge in [0, 0.05) is 12.0 Å². The molecule has 2 fully saturated rings. The highest BCUT2D eigenvalue weighted by molar-refractivity contribution is 7.99. The third kappa shape index (κ3) is 3.53. The van der Waals surface area contributed by atoms with E-state index in [-0.39, 0.29) is 5.91 Å². The maximum absolute atomic E-state index is 12.0. The van der Waals surface area contributed by atoms with Crippen LogP contribution in [-0.2, 0) is 4.79 Å². The van der Waals surface area contributed by atoms with Crippen molar-refractivity contribution in [3.8, 4) is 0 Å². The molecule has 110 valence electrons. The zero-order valence-corrected chi connectivity index (χ0v) is 12.6. The molecule has 0 spiro atoms. The summed E-state index contributed by atoms with van der Waals surface area (Å²) in [5.41, 5.74) is 0. The van der Waals surface area contributed by atoms with Crippen LogP contribution in [0.1, 0.15) is 57.3 Å². The second kappa shape index (κ2) is 6.16. The summed E-state index contributed by atoms with van der Waals surface area (Å²) in [6.45, 7) is 2.22. The van der Waals surface area contributed by atoms with E-state index >= 15 is 0 Å². The van der Waals surface area contributed by atoms with Crippen LogP contribution < -0.4 is 5.32 Å². The van der Waals surface area contributed by atoms with Crippen molar-refractivity contribution in [3.63, 3.8) is 0 Å². The van der Waals surface area contributed by atoms with Gasteiger partial charge in [0.05, 0.1) is 5.75 Å². The van der Waals surface area contributed by atoms with Gasteiger partial charge in [0.2, 0.25) is 11.8 Å². The van der Waals surface area contributed by atoms with Crippen LogP contribution in [0, 0.1) is 5.92 Å². The van der Waals surface area contributed by atoms with Gasteiger partial charge in [0.15, 0.2) is 0 Å². The minimum absolute atomic E-state index is 0.0694. The molecule has 0 saturated heterocycles. The molecule has 1 heterocycles. The Kier molecular flexibility index (Phi) is 4.29. The van der Waals surface area contributed by atoms with Crippen molar-refractivity contribution in [1.82, 2.24) is 15.5 Å². The molecule has 2 atom stereocenters. The molecular weight excluding hydrogens is 274 g/mol. The van der Waals surface area contributed by atoms with Crippen LogP contribution in [-0.4, -0.2) is 27.9 Å². The minimum atomic E-state index is 0.0694. The van der Waals surface area contributed by atoms with Crippen molar-refractivity contribution in [2.24, 2.45) is 5.92 Å². The molecule has 0 radical (unpaired) electrons. The number of nitrogens with one attached hydrogen (secondary N) is 1. The number of carbonyl (C=O) groups excluding carboxylic acids is 1. The molecular formula is C14H21N3O2S. The summed E-state index contributed by atoms with van der Waals surface area (Å²) in [6, 6.07) is 0.335. The molecule has 0 aromatic carbocycles. The molecule has 2 aliphatic rings. The lowest BCUT2D eigenvalue weighted by atomic mass is 9.86. The van der Waals surface area contributed by atoms with E-state index < -0.39 is 0 Å². The predicted octanol–water partition coefficient (Wildman–Crippen LogP) is 2.73. The minimum Gasteiger partial charge on any atom is -0.416 e. The Hall–Kier alpha value is -1.04. The van der Waals surface area contributed by atoms with E-state index in [0.29, 0.717) is 28.9 Å². The van der Waals surface area contributed by atoms with E-state index in [1.54, 1.807) is 0 Å². The summed E-state index contributed by atoms with van der Waals surface area (Å²) in [7, 11) is 0. The van der Waals surface area contributed by atoms with E-state index in [2.05, 4.69) is 22.4 Å². The van der Waals surface area contributed by atoms with Gasteiger partial charge in [0.25, 0.3) is 5.22 Å². The highest BCUT2D eigenvalue weighted by Gasteiger charge is 2.29. The molecule has 1 aromatic heterocycles. The number of thioether (sulfide) groups is 1. The molecule has 2 aliphatic carbocycles. The smallest absolute Gasteiger partial charge is 0.277 e. The molecule has 0 aliphatic heterocycles. The number of hydrogen-bond acceptors (Lipinski definition) is 5. The van der Waals surface area contributed by atoms with Crippen LogP contribution in [0.2, 0.25) is 0 Å². The zero-order valence-electron chi connectivity index (χ0n) is 11.8. The maximum atomic E-state index is 12.0. The Morgan fingerprint density at radius 1 is 1.30 bits per heavy atom. The first-order chi connectivity index (χ1) is 9.72. The molecule has 0 bridgehead atoms. The summed E-state index contributed by atoms with van der Waals surface area (Å²) < 4.78 is 5.53. The lowest BCUT2D eigenvalue weighted by molar-refractivity contribution is -0.119. The van der Waals surface area contributed by atoms with E-state index in [1.165, 1.54) is 31.0 Å². The fraction of sp³-hybridized carbons (Fsp3) is 0.786. The summed E-state index contributed by atoms with van der Waals surface area (Å²) in [5, 5.41) is 11.6. The lowest BCUT2D eigenvalue weighted by Gasteiger charge is -2.29. The average Bonchev–Trinajstić information content (AvgIpc) is 3.18. The molecule has 6 heteroatoms. The molecule has 1 amide bonds. The van der Waals surface area contributed by atoms with E-state index in [1.807, 2.05) is 0 Å². The molecule has 5 nitrogen and oxygen atoms in total. The summed E-state index contributed by atoms with van der Waals surface area (Å²) >= 11 is 1.33. The third-order valence-corrected chi connectivity index (χ3v) is 4.95. The topological polar surface area (TPSA) is 68.0 Å². The first-order valence-corrected chi connectivity index (χ1v) is 8.46. The van der Waals surface area contributed by atoms with E-state index in [9.17, 15) is 4.79 Å². The van der Waals surface area contributed by atoms with Crippen LogP contribution in [0.5, 0.6) is 0 Å². The fourth-order valence-electron chi connectivity index (χ4n) is 2.68. The second-order valence-electron chi connectivity index (χ2n) is 5.90. The van der Waals surface area contributed by atoms with Crippen LogP contribution in [0.15, 0.2) is 9.64 Å². The first kappa shape index (κ1) is 13.9. The van der Waals surface area contributed by atoms with Crippen LogP contribution in [0.25, 0.3) is 0 Å². The number of hydrogen-bond donors (Lipinski definition) is 1. The zero-order chi connectivity index (χ0) is 13.9. The van der Waals surface area contributed by atoms with Crippen LogP contribution >= 0.6 is 11.8 Å². The van der Waals surface area contributed by atoms with Crippen molar-refractivity contribution >= 4 is 17.7 Å². The largest absolute Gasteiger partial charge is 0.416 e. The Morgan fingerprint density at radius 2 is 2.10 bits per heavy atom. The van der Waals surface area contributed by atoms with Gasteiger partial charge < -0.3 is 9.73 Å². The monoisotopic (exact) mass is 295 g/mol. The Balaban J connectivity index is 1.43. The molecule has 1 aromatic rings. The Labute approximate surface area is 123 Å². The number of nitrogens with zero attached hydrogens (tertiary/aromatic N) is 2. The quantitative estimate of drug-likeness (QED) is 0.846. The van der Waals surface area contributed by atoms with E-state index in [4.69, 9.17) is 4.42 Å². The molecule has 20 heavy (non-hydrogen) atoms. The maximum Gasteiger partial charge on any atom is 0.277 e. The van der Waals surface area contributed by atoms with Crippen molar-refractivity contribution in [2.75, 3.05) is 5.75 Å². The van der Waals surface area contributed by atoms with Gasteiger partial charge in [-0.15, -0.1) is 10.2 Å². The van der Waals surface area contributed by atoms with Crippen molar-refractivity contribution < 1.29 is 9.21 Å². The standard InChI is InChI=1S/C14H21N3O2S/c1-9-4-2-3-5-11(9)15-12(18)8-20-14-17-16-13(19-14)10-6-7-10/h9-11H,2-8H2,1H3,(H,15,18)/t9-,11+/m0/s1. The number of aromatic nitrogens is 2. The van der Waals surface area contributed by atoms with Gasteiger partial charge in [-0.3, -0.25) is 4.79 Å². The number of carbonyl (C=O) groups is 1. The van der Waals surface area contributed by atoms with Gasteiger partial charge in [-0.1, -0.05) is 31.5 Å². The molecule has 0 unspecified atom stereocenters. The molecule has 2 saturated carbocycles. The SMILES string of the molecule is C[C@H]1CCCC[C@H]1NC(=O)CSc1nnc(C2CC2)o1. The highest BCUT2D eigenvalue weighted by atomic mass is 32.2. The van der Waals surface area contributed by atoms with Gasteiger partial charge in [-0.05, 0) is 31.6 Å². The third-order valence-electron chi connectivity index (χ3n) is 4.13. The summed E-state index contributed by atoms with van der Waals surface area (Å²) in [6.07, 6.45) is 7.11. The summed E-state index contributed by atoms with van der Waals surface area (Å²) in [4.78, 5) is 12.0. The van der Waals surface area contributed by atoms with Gasteiger partial charge in [-0.2, -0.15) is 0 Å². The normalized spacial score (nSPS) is 26.4. The highest BCUT2D eigenvalue weighted by Crippen LogP contribution is 2.39. The average molecular weight is 295 g/mol.